The summed E-state index contributed by atoms with van der Waals surface area (Å²) in [5.74, 6) is -0.918. The van der Waals surface area contributed by atoms with Crippen molar-refractivity contribution in [2.45, 2.75) is 52.2 Å². The van der Waals surface area contributed by atoms with E-state index in [4.69, 9.17) is 34.8 Å². The number of hydrogen-bond donors (Lipinski definition) is 1. The van der Waals surface area contributed by atoms with E-state index in [9.17, 15) is 18.0 Å². The molecule has 35 heavy (non-hydrogen) atoms. The molecule has 0 aliphatic rings. The summed E-state index contributed by atoms with van der Waals surface area (Å²) in [5.41, 5.74) is 0.285. The Hall–Kier alpha value is -2.00. The topological polar surface area (TPSA) is 86.8 Å². The molecule has 2 aromatic carbocycles. The molecule has 0 saturated heterocycles. The molecule has 0 fully saturated rings. The van der Waals surface area contributed by atoms with Crippen molar-refractivity contribution >= 4 is 62.3 Å². The van der Waals surface area contributed by atoms with Crippen molar-refractivity contribution in [2.75, 3.05) is 17.1 Å². The monoisotopic (exact) mass is 561 g/mol. The highest BCUT2D eigenvalue weighted by molar-refractivity contribution is 7.92. The van der Waals surface area contributed by atoms with Crippen molar-refractivity contribution in [2.24, 2.45) is 0 Å². The van der Waals surface area contributed by atoms with Gasteiger partial charge in [-0.05, 0) is 57.0 Å². The summed E-state index contributed by atoms with van der Waals surface area (Å²) in [6.07, 6.45) is 1.30. The Labute approximate surface area is 222 Å². The van der Waals surface area contributed by atoms with Crippen molar-refractivity contribution in [3.63, 3.8) is 0 Å². The molecule has 0 spiro atoms. The Morgan fingerprint density at radius 3 is 2.14 bits per heavy atom. The molecule has 2 aromatic rings. The number of benzene rings is 2. The largest absolute Gasteiger partial charge is 0.350 e. The highest BCUT2D eigenvalue weighted by atomic mass is 35.5. The Balaban J connectivity index is 2.49. The summed E-state index contributed by atoms with van der Waals surface area (Å²) in [5, 5.41) is 3.73. The van der Waals surface area contributed by atoms with E-state index < -0.39 is 34.1 Å². The zero-order chi connectivity index (χ0) is 26.6. The van der Waals surface area contributed by atoms with Gasteiger partial charge in [0.05, 0.1) is 22.0 Å². The first-order valence-corrected chi connectivity index (χ1v) is 13.9. The average molecular weight is 563 g/mol. The summed E-state index contributed by atoms with van der Waals surface area (Å²) in [4.78, 5) is 28.2. The number of carbonyl (C=O) groups excluding carboxylic acids is 2. The second kappa shape index (κ2) is 11.8. The predicted molar refractivity (Wildman–Crippen MR) is 143 cm³/mol. The molecule has 192 valence electrons. The lowest BCUT2D eigenvalue weighted by atomic mass is 10.1. The van der Waals surface area contributed by atoms with Gasteiger partial charge in [0.15, 0.2) is 0 Å². The Morgan fingerprint density at radius 1 is 1.00 bits per heavy atom. The molecule has 1 unspecified atom stereocenters. The van der Waals surface area contributed by atoms with Crippen LogP contribution in [-0.4, -0.2) is 49.5 Å². The highest BCUT2D eigenvalue weighted by Gasteiger charge is 2.33. The molecular weight excluding hydrogens is 533 g/mol. The lowest BCUT2D eigenvalue weighted by Crippen LogP contribution is -2.55. The van der Waals surface area contributed by atoms with Crippen LogP contribution in [0.4, 0.5) is 5.69 Å². The standard InChI is InChI=1S/C24H30Cl3N3O4S/c1-6-21(23(32)28-24(2,3)4)29(14-16-9-7-8-10-18(16)25)22(31)15-30(35(5,33)34)17-11-12-19(26)20(27)13-17/h7-13,21H,6,14-15H2,1-5H3,(H,28,32). The van der Waals surface area contributed by atoms with Gasteiger partial charge in [-0.15, -0.1) is 0 Å². The second-order valence-electron chi connectivity index (χ2n) is 9.14. The van der Waals surface area contributed by atoms with E-state index in [-0.39, 0.29) is 28.2 Å². The van der Waals surface area contributed by atoms with Crippen molar-refractivity contribution in [1.29, 1.82) is 0 Å². The number of anilines is 1. The quantitative estimate of drug-likeness (QED) is 0.459. The first kappa shape index (κ1) is 29.2. The van der Waals surface area contributed by atoms with Gasteiger partial charge < -0.3 is 10.2 Å². The zero-order valence-corrected chi connectivity index (χ0v) is 23.4. The summed E-state index contributed by atoms with van der Waals surface area (Å²) in [7, 11) is -3.88. The molecule has 0 aliphatic carbocycles. The van der Waals surface area contributed by atoms with E-state index in [1.807, 2.05) is 20.8 Å². The maximum Gasteiger partial charge on any atom is 0.244 e. The van der Waals surface area contributed by atoms with Crippen molar-refractivity contribution in [1.82, 2.24) is 10.2 Å². The fourth-order valence-corrected chi connectivity index (χ4v) is 4.77. The molecule has 11 heteroatoms. The Morgan fingerprint density at radius 2 is 1.63 bits per heavy atom. The highest BCUT2D eigenvalue weighted by Crippen LogP contribution is 2.29. The number of rotatable bonds is 9. The third-order valence-electron chi connectivity index (χ3n) is 5.05. The summed E-state index contributed by atoms with van der Waals surface area (Å²) >= 11 is 18.4. The normalized spacial score (nSPS) is 12.7. The van der Waals surface area contributed by atoms with Gasteiger partial charge >= 0.3 is 0 Å². The molecule has 7 nitrogen and oxygen atoms in total. The van der Waals surface area contributed by atoms with Crippen LogP contribution in [0, 0.1) is 0 Å². The van der Waals surface area contributed by atoms with E-state index >= 15 is 0 Å². The van der Waals surface area contributed by atoms with E-state index in [2.05, 4.69) is 5.32 Å². The fourth-order valence-electron chi connectivity index (χ4n) is 3.44. The summed E-state index contributed by atoms with van der Waals surface area (Å²) < 4.78 is 26.2. The second-order valence-corrected chi connectivity index (χ2v) is 12.3. The number of nitrogens with one attached hydrogen (secondary N) is 1. The van der Waals surface area contributed by atoms with Crippen LogP contribution in [0.25, 0.3) is 0 Å². The molecule has 2 rings (SSSR count). The number of hydrogen-bond acceptors (Lipinski definition) is 4. The number of sulfonamides is 1. The van der Waals surface area contributed by atoms with Crippen LogP contribution in [0.2, 0.25) is 15.1 Å². The maximum atomic E-state index is 13.6. The molecule has 1 N–H and O–H groups in total. The van der Waals surface area contributed by atoms with Gasteiger partial charge in [-0.2, -0.15) is 0 Å². The van der Waals surface area contributed by atoms with Crippen LogP contribution in [0.5, 0.6) is 0 Å². The van der Waals surface area contributed by atoms with E-state index in [1.54, 1.807) is 31.2 Å². The zero-order valence-electron chi connectivity index (χ0n) is 20.3. The van der Waals surface area contributed by atoms with E-state index in [0.717, 1.165) is 10.6 Å². The van der Waals surface area contributed by atoms with Crippen molar-refractivity contribution in [3.05, 3.63) is 63.1 Å². The minimum atomic E-state index is -3.88. The Kier molecular flexibility index (Phi) is 9.87. The first-order valence-electron chi connectivity index (χ1n) is 10.9. The first-order chi connectivity index (χ1) is 16.1. The van der Waals surface area contributed by atoms with Crippen LogP contribution in [0.15, 0.2) is 42.5 Å². The number of amides is 2. The molecule has 2 amide bonds. The Bertz CT molecular complexity index is 1180. The van der Waals surface area contributed by atoms with Crippen LogP contribution in [0.1, 0.15) is 39.7 Å². The van der Waals surface area contributed by atoms with Crippen LogP contribution in [-0.2, 0) is 26.2 Å². The summed E-state index contributed by atoms with van der Waals surface area (Å²) in [6.45, 7) is 6.79. The maximum absolute atomic E-state index is 13.6. The molecule has 0 heterocycles. The predicted octanol–water partition coefficient (Wildman–Crippen LogP) is 5.13. The number of halogens is 3. The minimum absolute atomic E-state index is 0.0214. The number of carbonyl (C=O) groups is 2. The van der Waals surface area contributed by atoms with Gasteiger partial charge in [-0.1, -0.05) is 59.9 Å². The molecule has 1 atom stereocenters. The summed E-state index contributed by atoms with van der Waals surface area (Å²) in [6, 6.07) is 10.4. The molecule has 0 aromatic heterocycles. The van der Waals surface area contributed by atoms with Gasteiger partial charge in [0.2, 0.25) is 21.8 Å². The average Bonchev–Trinajstić information content (AvgIpc) is 2.73. The minimum Gasteiger partial charge on any atom is -0.350 e. The molecule has 0 aliphatic heterocycles. The van der Waals surface area contributed by atoms with Crippen LogP contribution in [0.3, 0.4) is 0 Å². The molecule has 0 radical (unpaired) electrons. The van der Waals surface area contributed by atoms with Crippen molar-refractivity contribution < 1.29 is 18.0 Å². The van der Waals surface area contributed by atoms with Gasteiger partial charge in [0.25, 0.3) is 0 Å². The van der Waals surface area contributed by atoms with Crippen molar-refractivity contribution in [3.8, 4) is 0 Å². The number of nitrogens with zero attached hydrogens (tertiary/aromatic N) is 2. The lowest BCUT2D eigenvalue weighted by molar-refractivity contribution is -0.141. The molecule has 0 bridgehead atoms. The van der Waals surface area contributed by atoms with E-state index in [1.165, 1.54) is 23.1 Å². The smallest absolute Gasteiger partial charge is 0.244 e. The van der Waals surface area contributed by atoms with Gasteiger partial charge in [0.1, 0.15) is 12.6 Å². The molecular formula is C24H30Cl3N3O4S. The van der Waals surface area contributed by atoms with Crippen LogP contribution < -0.4 is 9.62 Å². The van der Waals surface area contributed by atoms with Gasteiger partial charge in [-0.3, -0.25) is 13.9 Å². The SMILES string of the molecule is CCC(C(=O)NC(C)(C)C)N(Cc1ccccc1Cl)C(=O)CN(c1ccc(Cl)c(Cl)c1)S(C)(=O)=O. The fraction of sp³-hybridized carbons (Fsp3) is 0.417. The van der Waals surface area contributed by atoms with Crippen LogP contribution >= 0.6 is 34.8 Å². The van der Waals surface area contributed by atoms with Gasteiger partial charge in [0, 0.05) is 17.1 Å². The third kappa shape index (κ3) is 8.27. The molecule has 0 saturated carbocycles. The van der Waals surface area contributed by atoms with Gasteiger partial charge in [-0.25, -0.2) is 8.42 Å². The van der Waals surface area contributed by atoms with E-state index in [0.29, 0.717) is 17.0 Å². The lowest BCUT2D eigenvalue weighted by Gasteiger charge is -2.34. The third-order valence-corrected chi connectivity index (χ3v) is 7.30.